The van der Waals surface area contributed by atoms with Crippen molar-refractivity contribution >= 4 is 40.8 Å². The number of rotatable bonds is 7. The first-order valence-corrected chi connectivity index (χ1v) is 9.82. The number of hydrogen-bond donors (Lipinski definition) is 3. The molecule has 0 saturated carbocycles. The third-order valence-corrected chi connectivity index (χ3v) is 4.60. The van der Waals surface area contributed by atoms with Gasteiger partial charge in [0, 0.05) is 42.1 Å². The Balaban J connectivity index is 1.45. The van der Waals surface area contributed by atoms with Crippen LogP contribution in [0.3, 0.4) is 0 Å². The van der Waals surface area contributed by atoms with Crippen LogP contribution in [0.4, 0.5) is 16.2 Å². The van der Waals surface area contributed by atoms with Crippen LogP contribution in [0, 0.1) is 0 Å². The number of nitrogens with zero attached hydrogens (tertiary/aromatic N) is 1. The minimum Gasteiger partial charge on any atom is -0.459 e. The quantitative estimate of drug-likeness (QED) is 0.486. The number of anilines is 2. The van der Waals surface area contributed by atoms with Gasteiger partial charge in [0.1, 0.15) is 0 Å². The zero-order valence-electron chi connectivity index (χ0n) is 16.7. The van der Waals surface area contributed by atoms with Crippen LogP contribution >= 0.6 is 11.6 Å². The molecular formula is C22H21ClN4O4. The maximum absolute atomic E-state index is 12.6. The molecule has 0 atom stereocenters. The smallest absolute Gasteiger partial charge is 0.319 e. The number of benzene rings is 2. The van der Waals surface area contributed by atoms with E-state index in [1.807, 2.05) is 0 Å². The Hall–Kier alpha value is -3.78. The second-order valence-electron chi connectivity index (χ2n) is 6.53. The summed E-state index contributed by atoms with van der Waals surface area (Å²) in [7, 11) is 1.67. The van der Waals surface area contributed by atoms with Gasteiger partial charge in [-0.15, -0.1) is 0 Å². The minimum atomic E-state index is -0.411. The number of amides is 4. The highest BCUT2D eigenvalue weighted by Crippen LogP contribution is 2.19. The number of halogens is 1. The molecule has 0 spiro atoms. The summed E-state index contributed by atoms with van der Waals surface area (Å²) < 4.78 is 4.98. The molecule has 3 rings (SSSR count). The zero-order chi connectivity index (χ0) is 22.2. The average Bonchev–Trinajstić information content (AvgIpc) is 3.32. The first-order valence-electron chi connectivity index (χ1n) is 9.44. The summed E-state index contributed by atoms with van der Waals surface area (Å²) in [6, 6.07) is 16.3. The molecule has 0 fully saturated rings. The first-order chi connectivity index (χ1) is 14.9. The Labute approximate surface area is 184 Å². The first kappa shape index (κ1) is 21.9. The minimum absolute atomic E-state index is 0.174. The van der Waals surface area contributed by atoms with E-state index >= 15 is 0 Å². The van der Waals surface area contributed by atoms with Crippen molar-refractivity contribution in [3.05, 3.63) is 83.3 Å². The molecule has 1 heterocycles. The fraction of sp³-hybridized carbons (Fsp3) is 0.136. The second kappa shape index (κ2) is 10.3. The molecule has 31 heavy (non-hydrogen) atoms. The van der Waals surface area contributed by atoms with Crippen molar-refractivity contribution in [3.63, 3.8) is 0 Å². The lowest BCUT2D eigenvalue weighted by Gasteiger charge is -2.18. The van der Waals surface area contributed by atoms with Gasteiger partial charge in [-0.2, -0.15) is 0 Å². The van der Waals surface area contributed by atoms with E-state index in [0.29, 0.717) is 22.0 Å². The lowest BCUT2D eigenvalue weighted by Crippen LogP contribution is -2.36. The third-order valence-electron chi connectivity index (χ3n) is 4.35. The van der Waals surface area contributed by atoms with Crippen LogP contribution in [0.5, 0.6) is 0 Å². The number of carbonyl (C=O) groups is 3. The van der Waals surface area contributed by atoms with Crippen LogP contribution in [-0.4, -0.2) is 38.0 Å². The number of furan rings is 1. The summed E-state index contributed by atoms with van der Waals surface area (Å²) >= 11 is 5.86. The largest absolute Gasteiger partial charge is 0.459 e. The lowest BCUT2D eigenvalue weighted by molar-refractivity contribution is 0.0925. The highest BCUT2D eigenvalue weighted by atomic mass is 35.5. The normalized spacial score (nSPS) is 10.3. The number of hydrogen-bond acceptors (Lipinski definition) is 4. The number of nitrogens with one attached hydrogen (secondary N) is 3. The number of carbonyl (C=O) groups excluding carboxylic acids is 3. The lowest BCUT2D eigenvalue weighted by atomic mass is 10.2. The highest BCUT2D eigenvalue weighted by molar-refractivity contribution is 6.30. The second-order valence-corrected chi connectivity index (χ2v) is 6.97. The van der Waals surface area contributed by atoms with Crippen molar-refractivity contribution in [1.29, 1.82) is 0 Å². The van der Waals surface area contributed by atoms with Crippen LogP contribution in [0.15, 0.2) is 71.3 Å². The van der Waals surface area contributed by atoms with Gasteiger partial charge in [-0.1, -0.05) is 11.6 Å². The average molecular weight is 441 g/mol. The summed E-state index contributed by atoms with van der Waals surface area (Å²) in [5.41, 5.74) is 1.76. The van der Waals surface area contributed by atoms with Crippen LogP contribution in [0.1, 0.15) is 20.9 Å². The molecule has 8 nitrogen and oxygen atoms in total. The van der Waals surface area contributed by atoms with E-state index in [-0.39, 0.29) is 30.7 Å². The standard InChI is InChI=1S/C22H21ClN4O4/c1-27(21(29)15-4-6-16(23)7-5-15)18-10-8-17(9-11-18)26-22(30)25-13-12-24-20(28)19-3-2-14-31-19/h2-11,14H,12-13H2,1H3,(H,24,28)(H2,25,26,30). The fourth-order valence-corrected chi connectivity index (χ4v) is 2.82. The molecule has 160 valence electrons. The highest BCUT2D eigenvalue weighted by Gasteiger charge is 2.13. The van der Waals surface area contributed by atoms with E-state index < -0.39 is 6.03 Å². The van der Waals surface area contributed by atoms with E-state index in [1.165, 1.54) is 11.2 Å². The van der Waals surface area contributed by atoms with E-state index in [9.17, 15) is 14.4 Å². The zero-order valence-corrected chi connectivity index (χ0v) is 17.5. The monoisotopic (exact) mass is 440 g/mol. The summed E-state index contributed by atoms with van der Waals surface area (Å²) in [5.74, 6) is -0.309. The molecule has 0 unspecified atom stereocenters. The van der Waals surface area contributed by atoms with Gasteiger partial charge in [0.05, 0.1) is 6.26 Å². The molecule has 3 aromatic rings. The summed E-state index contributed by atoms with van der Waals surface area (Å²) in [4.78, 5) is 37.8. The van der Waals surface area contributed by atoms with Crippen LogP contribution in [0.2, 0.25) is 5.02 Å². The van der Waals surface area contributed by atoms with Gasteiger partial charge in [0.2, 0.25) is 0 Å². The van der Waals surface area contributed by atoms with Crippen LogP contribution < -0.4 is 20.9 Å². The van der Waals surface area contributed by atoms with Crippen molar-refractivity contribution in [3.8, 4) is 0 Å². The molecule has 0 saturated heterocycles. The molecule has 2 aromatic carbocycles. The summed E-state index contributed by atoms with van der Waals surface area (Å²) in [6.07, 6.45) is 1.41. The Kier molecular flexibility index (Phi) is 7.29. The van der Waals surface area contributed by atoms with Crippen molar-refractivity contribution in [2.24, 2.45) is 0 Å². The summed E-state index contributed by atoms with van der Waals surface area (Å²) in [5, 5.41) is 8.53. The Morgan fingerprint density at radius 3 is 2.26 bits per heavy atom. The Bertz CT molecular complexity index is 1030. The molecule has 9 heteroatoms. The maximum atomic E-state index is 12.6. The van der Waals surface area contributed by atoms with E-state index in [1.54, 1.807) is 67.7 Å². The molecule has 0 aliphatic carbocycles. The van der Waals surface area contributed by atoms with E-state index in [0.717, 1.165) is 0 Å². The Morgan fingerprint density at radius 1 is 0.935 bits per heavy atom. The summed E-state index contributed by atoms with van der Waals surface area (Å²) in [6.45, 7) is 0.498. The van der Waals surface area contributed by atoms with Crippen molar-refractivity contribution in [2.75, 3.05) is 30.4 Å². The molecule has 4 amide bonds. The van der Waals surface area contributed by atoms with Gasteiger partial charge in [0.25, 0.3) is 11.8 Å². The van der Waals surface area contributed by atoms with Gasteiger partial charge in [-0.3, -0.25) is 9.59 Å². The molecular weight excluding hydrogens is 420 g/mol. The van der Waals surface area contributed by atoms with Crippen molar-refractivity contribution in [1.82, 2.24) is 10.6 Å². The molecule has 3 N–H and O–H groups in total. The molecule has 0 aliphatic rings. The molecule has 0 aliphatic heterocycles. The van der Waals surface area contributed by atoms with Gasteiger partial charge >= 0.3 is 6.03 Å². The van der Waals surface area contributed by atoms with Gasteiger partial charge < -0.3 is 25.3 Å². The molecule has 0 bridgehead atoms. The van der Waals surface area contributed by atoms with Gasteiger partial charge in [-0.05, 0) is 60.7 Å². The van der Waals surface area contributed by atoms with Gasteiger partial charge in [-0.25, -0.2) is 4.79 Å². The van der Waals surface area contributed by atoms with Crippen LogP contribution in [0.25, 0.3) is 0 Å². The van der Waals surface area contributed by atoms with Gasteiger partial charge in [0.15, 0.2) is 5.76 Å². The molecule has 1 aromatic heterocycles. The fourth-order valence-electron chi connectivity index (χ4n) is 2.69. The number of urea groups is 1. The maximum Gasteiger partial charge on any atom is 0.319 e. The predicted molar refractivity (Wildman–Crippen MR) is 119 cm³/mol. The predicted octanol–water partition coefficient (Wildman–Crippen LogP) is 3.76. The van der Waals surface area contributed by atoms with Crippen molar-refractivity contribution < 1.29 is 18.8 Å². The third kappa shape index (κ3) is 6.10. The van der Waals surface area contributed by atoms with Crippen LogP contribution in [-0.2, 0) is 0 Å². The van der Waals surface area contributed by atoms with E-state index in [4.69, 9.17) is 16.0 Å². The topological polar surface area (TPSA) is 104 Å². The van der Waals surface area contributed by atoms with Crippen molar-refractivity contribution in [2.45, 2.75) is 0 Å². The molecule has 0 radical (unpaired) electrons. The van der Waals surface area contributed by atoms with E-state index in [2.05, 4.69) is 16.0 Å². The SMILES string of the molecule is CN(C(=O)c1ccc(Cl)cc1)c1ccc(NC(=O)NCCNC(=O)c2ccco2)cc1. The Morgan fingerprint density at radius 2 is 1.61 bits per heavy atom.